The van der Waals surface area contributed by atoms with Gasteiger partial charge in [-0.2, -0.15) is 0 Å². The lowest BCUT2D eigenvalue weighted by molar-refractivity contribution is -0.132. The minimum absolute atomic E-state index is 0.0135. The number of aryl methyl sites for hydroxylation is 1. The van der Waals surface area contributed by atoms with Crippen molar-refractivity contribution in [2.24, 2.45) is 0 Å². The second kappa shape index (κ2) is 6.98. The molecule has 0 spiro atoms. The van der Waals surface area contributed by atoms with Crippen LogP contribution in [-0.4, -0.2) is 21.9 Å². The maximum atomic E-state index is 12.9. The monoisotopic (exact) mass is 391 g/mol. The summed E-state index contributed by atoms with van der Waals surface area (Å²) < 4.78 is 0. The minimum Gasteiger partial charge on any atom is -0.507 e. The number of thiophene rings is 1. The third-order valence-corrected chi connectivity index (χ3v) is 5.62. The van der Waals surface area contributed by atoms with Gasteiger partial charge in [-0.15, -0.1) is 11.3 Å². The highest BCUT2D eigenvalue weighted by atomic mass is 32.1. The van der Waals surface area contributed by atoms with Gasteiger partial charge in [0.2, 0.25) is 0 Å². The molecule has 1 aliphatic heterocycles. The van der Waals surface area contributed by atoms with Gasteiger partial charge in [0.05, 0.1) is 11.3 Å². The number of aromatic hydroxyl groups is 1. The molecule has 2 aromatic carbocycles. The summed E-state index contributed by atoms with van der Waals surface area (Å²) in [7, 11) is 0. The smallest absolute Gasteiger partial charge is 0.300 e. The van der Waals surface area contributed by atoms with Crippen LogP contribution in [0.25, 0.3) is 5.76 Å². The minimum atomic E-state index is -0.812. The van der Waals surface area contributed by atoms with Crippen molar-refractivity contribution in [1.82, 2.24) is 0 Å². The molecule has 5 nitrogen and oxygen atoms in total. The molecular weight excluding hydrogens is 374 g/mol. The van der Waals surface area contributed by atoms with E-state index in [1.807, 2.05) is 18.4 Å². The fraction of sp³-hybridized carbons (Fsp3) is 0.0909. The predicted octanol–water partition coefficient (Wildman–Crippen LogP) is 4.39. The molecule has 1 saturated heterocycles. The molecule has 1 atom stereocenters. The molecule has 140 valence electrons. The molecule has 28 heavy (non-hydrogen) atoms. The van der Waals surface area contributed by atoms with Crippen molar-refractivity contribution >= 4 is 34.5 Å². The number of carbonyl (C=O) groups excluding carboxylic acids is 2. The third-order valence-electron chi connectivity index (χ3n) is 4.69. The molecule has 6 heteroatoms. The fourth-order valence-corrected chi connectivity index (χ4v) is 4.20. The number of carbonyl (C=O) groups is 2. The number of Topliss-reactive ketones (excluding diaryl/α,β-unsaturated/α-hetero) is 1. The van der Waals surface area contributed by atoms with Crippen LogP contribution in [0.1, 0.15) is 22.0 Å². The van der Waals surface area contributed by atoms with E-state index in [1.54, 1.807) is 48.5 Å². The molecule has 1 fully saturated rings. The first-order chi connectivity index (χ1) is 13.5. The summed E-state index contributed by atoms with van der Waals surface area (Å²) in [5, 5.41) is 23.1. The topological polar surface area (TPSA) is 77.8 Å². The SMILES string of the molecule is Cc1ccc(O)c(N2C(=O)C(=O)/C(=C(\O)c3ccccc3)C2c2cccs2)c1. The van der Waals surface area contributed by atoms with Crippen LogP contribution in [0.15, 0.2) is 71.6 Å². The van der Waals surface area contributed by atoms with Crippen molar-refractivity contribution in [2.45, 2.75) is 13.0 Å². The summed E-state index contributed by atoms with van der Waals surface area (Å²) in [6.45, 7) is 1.84. The van der Waals surface area contributed by atoms with E-state index in [4.69, 9.17) is 0 Å². The van der Waals surface area contributed by atoms with E-state index in [0.717, 1.165) is 10.4 Å². The molecular formula is C22H17NO4S. The summed E-state index contributed by atoms with van der Waals surface area (Å²) in [6, 6.07) is 16.3. The Bertz CT molecular complexity index is 1090. The number of amides is 1. The maximum absolute atomic E-state index is 12.9. The van der Waals surface area contributed by atoms with Crippen molar-refractivity contribution in [1.29, 1.82) is 0 Å². The molecule has 1 unspecified atom stereocenters. The van der Waals surface area contributed by atoms with Gasteiger partial charge in [0.1, 0.15) is 17.6 Å². The Morgan fingerprint density at radius 1 is 1.04 bits per heavy atom. The van der Waals surface area contributed by atoms with Gasteiger partial charge in [-0.05, 0) is 36.1 Å². The molecule has 0 bridgehead atoms. The van der Waals surface area contributed by atoms with Crippen LogP contribution in [0.5, 0.6) is 5.75 Å². The first-order valence-corrected chi connectivity index (χ1v) is 9.56. The Labute approximate surface area is 165 Å². The lowest BCUT2D eigenvalue weighted by Crippen LogP contribution is -2.29. The largest absolute Gasteiger partial charge is 0.507 e. The molecule has 4 rings (SSSR count). The highest BCUT2D eigenvalue weighted by molar-refractivity contribution is 7.10. The van der Waals surface area contributed by atoms with Crippen LogP contribution in [-0.2, 0) is 9.59 Å². The maximum Gasteiger partial charge on any atom is 0.300 e. The summed E-state index contributed by atoms with van der Waals surface area (Å²) in [4.78, 5) is 27.9. The van der Waals surface area contributed by atoms with Crippen LogP contribution in [0, 0.1) is 6.92 Å². The fourth-order valence-electron chi connectivity index (χ4n) is 3.37. The van der Waals surface area contributed by atoms with Gasteiger partial charge in [-0.3, -0.25) is 14.5 Å². The molecule has 0 aliphatic carbocycles. The number of aliphatic hydroxyl groups excluding tert-OH is 1. The molecule has 1 aromatic heterocycles. The number of ketones is 1. The summed E-state index contributed by atoms with van der Waals surface area (Å²) in [5.74, 6) is -1.89. The van der Waals surface area contributed by atoms with Gasteiger partial charge in [0, 0.05) is 10.4 Å². The first-order valence-electron chi connectivity index (χ1n) is 8.68. The van der Waals surface area contributed by atoms with Crippen LogP contribution in [0.3, 0.4) is 0 Å². The average Bonchev–Trinajstić information content (AvgIpc) is 3.31. The Morgan fingerprint density at radius 2 is 1.79 bits per heavy atom. The van der Waals surface area contributed by atoms with E-state index >= 15 is 0 Å². The van der Waals surface area contributed by atoms with E-state index < -0.39 is 17.7 Å². The zero-order valence-electron chi connectivity index (χ0n) is 15.0. The standard InChI is InChI=1S/C22H17NO4S/c1-13-9-10-16(24)15(12-13)23-19(17-8-5-11-28-17)18(21(26)22(23)27)20(25)14-6-3-2-4-7-14/h2-12,19,24-25H,1H3/b20-18-. The third kappa shape index (κ3) is 2.88. The number of nitrogens with zero attached hydrogens (tertiary/aromatic N) is 1. The van der Waals surface area contributed by atoms with Gasteiger partial charge >= 0.3 is 0 Å². The van der Waals surface area contributed by atoms with E-state index in [-0.39, 0.29) is 22.8 Å². The second-order valence-corrected chi connectivity index (χ2v) is 7.52. The molecule has 1 amide bonds. The highest BCUT2D eigenvalue weighted by Gasteiger charge is 2.48. The zero-order chi connectivity index (χ0) is 19.8. The van der Waals surface area contributed by atoms with Crippen molar-refractivity contribution < 1.29 is 19.8 Å². The summed E-state index contributed by atoms with van der Waals surface area (Å²) >= 11 is 1.38. The van der Waals surface area contributed by atoms with Crippen LogP contribution >= 0.6 is 11.3 Å². The molecule has 1 aliphatic rings. The molecule has 2 N–H and O–H groups in total. The lowest BCUT2D eigenvalue weighted by atomic mass is 9.99. The van der Waals surface area contributed by atoms with Crippen molar-refractivity contribution in [3.63, 3.8) is 0 Å². The van der Waals surface area contributed by atoms with Crippen molar-refractivity contribution in [3.05, 3.63) is 87.6 Å². The Kier molecular flexibility index (Phi) is 4.49. The van der Waals surface area contributed by atoms with Crippen LogP contribution in [0.2, 0.25) is 0 Å². The number of hydrogen-bond donors (Lipinski definition) is 2. The van der Waals surface area contributed by atoms with Crippen molar-refractivity contribution in [3.8, 4) is 5.75 Å². The highest BCUT2D eigenvalue weighted by Crippen LogP contribution is 2.45. The molecule has 3 aromatic rings. The summed E-state index contributed by atoms with van der Waals surface area (Å²) in [6.07, 6.45) is 0. The normalized spacial score (nSPS) is 18.6. The van der Waals surface area contributed by atoms with Crippen molar-refractivity contribution in [2.75, 3.05) is 4.90 Å². The quantitative estimate of drug-likeness (QED) is 0.394. The second-order valence-electron chi connectivity index (χ2n) is 6.54. The number of benzene rings is 2. The Hall–Kier alpha value is -3.38. The molecule has 0 saturated carbocycles. The van der Waals surface area contributed by atoms with E-state index in [9.17, 15) is 19.8 Å². The number of phenolic OH excluding ortho intramolecular Hbond substituents is 1. The lowest BCUT2D eigenvalue weighted by Gasteiger charge is -2.25. The number of anilines is 1. The van der Waals surface area contributed by atoms with E-state index in [0.29, 0.717) is 5.56 Å². The number of rotatable bonds is 3. The van der Waals surface area contributed by atoms with E-state index in [1.165, 1.54) is 22.3 Å². The number of phenols is 1. The van der Waals surface area contributed by atoms with E-state index in [2.05, 4.69) is 0 Å². The molecule has 2 heterocycles. The summed E-state index contributed by atoms with van der Waals surface area (Å²) in [5.41, 5.74) is 1.55. The van der Waals surface area contributed by atoms with Gasteiger partial charge < -0.3 is 10.2 Å². The Balaban J connectivity index is 1.97. The zero-order valence-corrected chi connectivity index (χ0v) is 15.8. The Morgan fingerprint density at radius 3 is 2.46 bits per heavy atom. The van der Waals surface area contributed by atoms with Gasteiger partial charge in [-0.25, -0.2) is 0 Å². The number of hydrogen-bond acceptors (Lipinski definition) is 5. The predicted molar refractivity (Wildman–Crippen MR) is 108 cm³/mol. The van der Waals surface area contributed by atoms with Crippen LogP contribution < -0.4 is 4.90 Å². The van der Waals surface area contributed by atoms with Gasteiger partial charge in [0.15, 0.2) is 0 Å². The van der Waals surface area contributed by atoms with Gasteiger partial charge in [-0.1, -0.05) is 42.5 Å². The van der Waals surface area contributed by atoms with Crippen LogP contribution in [0.4, 0.5) is 5.69 Å². The van der Waals surface area contributed by atoms with Gasteiger partial charge in [0.25, 0.3) is 11.7 Å². The first kappa shape index (κ1) is 18.0. The average molecular weight is 391 g/mol. The number of aliphatic hydroxyl groups is 1. The molecule has 0 radical (unpaired) electrons.